The van der Waals surface area contributed by atoms with E-state index in [4.69, 9.17) is 23.2 Å². The van der Waals surface area contributed by atoms with Gasteiger partial charge in [-0.25, -0.2) is 4.98 Å². The molecule has 30 heavy (non-hydrogen) atoms. The lowest BCUT2D eigenvalue weighted by atomic mass is 10.1. The number of fused-ring (bicyclic) bond motifs is 1. The highest BCUT2D eigenvalue weighted by Gasteiger charge is 2.28. The number of aromatic nitrogens is 1. The summed E-state index contributed by atoms with van der Waals surface area (Å²) >= 11 is 13.4. The number of nitrogens with zero attached hydrogens (tertiary/aromatic N) is 4. The highest BCUT2D eigenvalue weighted by Crippen LogP contribution is 2.33. The lowest BCUT2D eigenvalue weighted by Crippen LogP contribution is -2.39. The fourth-order valence-corrected chi connectivity index (χ4v) is 4.49. The number of rotatable bonds is 8. The van der Waals surface area contributed by atoms with Crippen molar-refractivity contribution in [3.05, 3.63) is 62.1 Å². The quantitative estimate of drug-likeness (QED) is 0.323. The third-order valence-corrected chi connectivity index (χ3v) is 6.25. The molecule has 0 saturated heterocycles. The summed E-state index contributed by atoms with van der Waals surface area (Å²) in [6, 6.07) is 9.28. The van der Waals surface area contributed by atoms with Gasteiger partial charge in [0.2, 0.25) is 0 Å². The molecule has 1 amide bonds. The van der Waals surface area contributed by atoms with Crippen molar-refractivity contribution < 1.29 is 9.72 Å². The zero-order chi connectivity index (χ0) is 21.8. The number of amides is 1. The van der Waals surface area contributed by atoms with Crippen LogP contribution in [0.2, 0.25) is 10.0 Å². The van der Waals surface area contributed by atoms with Crippen LogP contribution in [-0.2, 0) is 0 Å². The van der Waals surface area contributed by atoms with Crippen molar-refractivity contribution in [2.24, 2.45) is 0 Å². The number of nitro benzene ring substituents is 1. The topological polar surface area (TPSA) is 79.6 Å². The molecule has 0 aliphatic carbocycles. The van der Waals surface area contributed by atoms with Crippen LogP contribution in [0.15, 0.2) is 36.4 Å². The van der Waals surface area contributed by atoms with Crippen molar-refractivity contribution >= 4 is 61.5 Å². The minimum Gasteiger partial charge on any atom is -0.302 e. The first kappa shape index (κ1) is 22.4. The number of carbonyl (C=O) groups is 1. The van der Waals surface area contributed by atoms with Crippen molar-refractivity contribution in [3.63, 3.8) is 0 Å². The Morgan fingerprint density at radius 3 is 2.43 bits per heavy atom. The molecule has 3 rings (SSSR count). The average molecular weight is 467 g/mol. The number of benzene rings is 2. The lowest BCUT2D eigenvalue weighted by Gasteiger charge is -2.24. The van der Waals surface area contributed by atoms with Crippen molar-refractivity contribution in [2.45, 2.75) is 13.8 Å². The Balaban J connectivity index is 2.05. The van der Waals surface area contributed by atoms with Gasteiger partial charge in [-0.1, -0.05) is 48.4 Å². The van der Waals surface area contributed by atoms with Crippen LogP contribution in [0.4, 0.5) is 10.8 Å². The molecule has 0 atom stereocenters. The Morgan fingerprint density at radius 1 is 1.10 bits per heavy atom. The van der Waals surface area contributed by atoms with Crippen LogP contribution in [0.3, 0.4) is 0 Å². The third-order valence-electron chi connectivity index (χ3n) is 4.74. The Kier molecular flexibility index (Phi) is 7.25. The molecular weight excluding hydrogens is 447 g/mol. The van der Waals surface area contributed by atoms with Crippen molar-refractivity contribution in [1.29, 1.82) is 0 Å². The first-order valence-electron chi connectivity index (χ1n) is 9.38. The number of nitro groups is 1. The second kappa shape index (κ2) is 9.70. The molecule has 0 spiro atoms. The van der Waals surface area contributed by atoms with Gasteiger partial charge in [-0.15, -0.1) is 0 Å². The maximum Gasteiger partial charge on any atom is 0.282 e. The summed E-state index contributed by atoms with van der Waals surface area (Å²) in [6.07, 6.45) is 0. The van der Waals surface area contributed by atoms with Crippen LogP contribution in [0.1, 0.15) is 24.2 Å². The molecule has 10 heteroatoms. The number of hydrogen-bond donors (Lipinski definition) is 0. The molecule has 0 aliphatic rings. The normalized spacial score (nSPS) is 11.2. The van der Waals surface area contributed by atoms with E-state index in [1.54, 1.807) is 18.2 Å². The summed E-state index contributed by atoms with van der Waals surface area (Å²) in [4.78, 5) is 32.6. The highest BCUT2D eigenvalue weighted by molar-refractivity contribution is 7.22. The largest absolute Gasteiger partial charge is 0.302 e. The summed E-state index contributed by atoms with van der Waals surface area (Å²) in [6.45, 7) is 6.66. The summed E-state index contributed by atoms with van der Waals surface area (Å²) in [7, 11) is 0. The molecule has 1 heterocycles. The summed E-state index contributed by atoms with van der Waals surface area (Å²) in [5.41, 5.74) is 0.353. The van der Waals surface area contributed by atoms with Gasteiger partial charge in [0, 0.05) is 29.2 Å². The van der Waals surface area contributed by atoms with Crippen LogP contribution in [-0.4, -0.2) is 46.9 Å². The van der Waals surface area contributed by atoms with Crippen LogP contribution in [0, 0.1) is 10.1 Å². The van der Waals surface area contributed by atoms with Crippen molar-refractivity contribution in [1.82, 2.24) is 9.88 Å². The molecule has 0 unspecified atom stereocenters. The molecule has 158 valence electrons. The van der Waals surface area contributed by atoms with Crippen LogP contribution >= 0.6 is 34.5 Å². The first-order chi connectivity index (χ1) is 14.3. The van der Waals surface area contributed by atoms with Gasteiger partial charge in [-0.05, 0) is 43.4 Å². The Bertz CT molecular complexity index is 1090. The fraction of sp³-hybridized carbons (Fsp3) is 0.300. The predicted octanol–water partition coefficient (Wildman–Crippen LogP) is 5.50. The molecule has 0 N–H and O–H groups in total. The van der Waals surface area contributed by atoms with Gasteiger partial charge in [-0.2, -0.15) is 0 Å². The van der Waals surface area contributed by atoms with E-state index in [2.05, 4.69) is 9.88 Å². The van der Waals surface area contributed by atoms with Gasteiger partial charge >= 0.3 is 0 Å². The van der Waals surface area contributed by atoms with Gasteiger partial charge in [-0.3, -0.25) is 19.8 Å². The van der Waals surface area contributed by atoms with E-state index in [-0.39, 0.29) is 16.3 Å². The van der Waals surface area contributed by atoms with Crippen molar-refractivity contribution in [3.8, 4) is 0 Å². The third kappa shape index (κ3) is 4.89. The number of anilines is 1. The van der Waals surface area contributed by atoms with Crippen LogP contribution < -0.4 is 4.90 Å². The lowest BCUT2D eigenvalue weighted by molar-refractivity contribution is -0.385. The number of hydrogen-bond acceptors (Lipinski definition) is 6. The van der Waals surface area contributed by atoms with E-state index in [0.29, 0.717) is 28.8 Å². The fourth-order valence-electron chi connectivity index (χ4n) is 3.05. The van der Waals surface area contributed by atoms with Gasteiger partial charge in [0.25, 0.3) is 11.6 Å². The summed E-state index contributed by atoms with van der Waals surface area (Å²) < 4.78 is 0.832. The van der Waals surface area contributed by atoms with E-state index >= 15 is 0 Å². The molecule has 0 bridgehead atoms. The Morgan fingerprint density at radius 2 is 1.77 bits per heavy atom. The van der Waals surface area contributed by atoms with Gasteiger partial charge < -0.3 is 4.90 Å². The second-order valence-electron chi connectivity index (χ2n) is 6.51. The molecular formula is C20H20Cl2N4O3S. The second-order valence-corrected chi connectivity index (χ2v) is 8.39. The Hall–Kier alpha value is -2.26. The van der Waals surface area contributed by atoms with E-state index in [1.807, 2.05) is 13.8 Å². The van der Waals surface area contributed by atoms with E-state index in [1.165, 1.54) is 34.4 Å². The predicted molar refractivity (Wildman–Crippen MR) is 122 cm³/mol. The Labute approximate surface area is 188 Å². The van der Waals surface area contributed by atoms with E-state index < -0.39 is 10.8 Å². The molecule has 3 aromatic rings. The minimum absolute atomic E-state index is 0.0654. The molecule has 1 aromatic heterocycles. The van der Waals surface area contributed by atoms with Gasteiger partial charge in [0.1, 0.15) is 5.56 Å². The van der Waals surface area contributed by atoms with Crippen molar-refractivity contribution in [2.75, 3.05) is 31.1 Å². The number of carbonyl (C=O) groups excluding carboxylic acids is 1. The molecule has 0 saturated carbocycles. The monoisotopic (exact) mass is 466 g/mol. The van der Waals surface area contributed by atoms with E-state index in [0.717, 1.165) is 17.8 Å². The van der Waals surface area contributed by atoms with Crippen LogP contribution in [0.5, 0.6) is 0 Å². The maximum absolute atomic E-state index is 13.4. The molecule has 7 nitrogen and oxygen atoms in total. The number of thiazole rings is 1. The zero-order valence-electron chi connectivity index (χ0n) is 16.5. The summed E-state index contributed by atoms with van der Waals surface area (Å²) in [5.74, 6) is -0.512. The molecule has 0 fully saturated rings. The number of likely N-dealkylation sites (N-methyl/N-ethyl adjacent to an activating group) is 1. The smallest absolute Gasteiger partial charge is 0.282 e. The van der Waals surface area contributed by atoms with Gasteiger partial charge in [0.05, 0.1) is 15.1 Å². The maximum atomic E-state index is 13.4. The standard InChI is InChI=1S/C20H20Cl2N4O3S/c1-3-24(4-2)9-10-25(20-23-16-7-5-14(22)12-18(16)30-20)19(27)15-11-13(21)6-8-17(15)26(28)29/h5-8,11-12H,3-4,9-10H2,1-2H3. The number of halogens is 2. The highest BCUT2D eigenvalue weighted by atomic mass is 35.5. The average Bonchev–Trinajstić information content (AvgIpc) is 3.13. The van der Waals surface area contributed by atoms with Gasteiger partial charge in [0.15, 0.2) is 5.13 Å². The molecule has 0 radical (unpaired) electrons. The summed E-state index contributed by atoms with van der Waals surface area (Å²) in [5, 5.41) is 12.8. The van der Waals surface area contributed by atoms with E-state index in [9.17, 15) is 14.9 Å². The molecule has 2 aromatic carbocycles. The first-order valence-corrected chi connectivity index (χ1v) is 11.0. The van der Waals surface area contributed by atoms with Crippen LogP contribution in [0.25, 0.3) is 10.2 Å². The minimum atomic E-state index is -0.579. The zero-order valence-corrected chi connectivity index (χ0v) is 18.8. The molecule has 0 aliphatic heterocycles. The SMILES string of the molecule is CCN(CC)CCN(C(=O)c1cc(Cl)ccc1[N+](=O)[O-])c1nc2ccc(Cl)cc2s1.